The Labute approximate surface area is 121 Å². The minimum Gasteiger partial charge on any atom is -0.479 e. The molecule has 21 heavy (non-hydrogen) atoms. The highest BCUT2D eigenvalue weighted by atomic mass is 16.5. The van der Waals surface area contributed by atoms with Gasteiger partial charge >= 0.3 is 5.97 Å². The van der Waals surface area contributed by atoms with Crippen LogP contribution in [-0.4, -0.2) is 54.2 Å². The summed E-state index contributed by atoms with van der Waals surface area (Å²) < 4.78 is 4.81. The number of nitrogens with zero attached hydrogens (tertiary/aromatic N) is 1. The Morgan fingerprint density at radius 2 is 2.00 bits per heavy atom. The highest BCUT2D eigenvalue weighted by Gasteiger charge is 2.35. The zero-order valence-electron chi connectivity index (χ0n) is 12.0. The molecule has 1 heterocycles. The first-order valence-corrected chi connectivity index (χ1v) is 6.07. The van der Waals surface area contributed by atoms with Crippen molar-refractivity contribution >= 4 is 17.8 Å². The van der Waals surface area contributed by atoms with Crippen molar-refractivity contribution in [3.8, 4) is 0 Å². The third-order valence-corrected chi connectivity index (χ3v) is 2.78. The fraction of sp³-hybridized carbons (Fsp3) is 0.385. The largest absolute Gasteiger partial charge is 0.479 e. The van der Waals surface area contributed by atoms with Crippen molar-refractivity contribution in [1.29, 1.82) is 0 Å². The Hall–Kier alpha value is -2.48. The van der Waals surface area contributed by atoms with Gasteiger partial charge in [0.25, 0.3) is 11.8 Å². The molecule has 8 nitrogen and oxygen atoms in total. The molecule has 1 atom stereocenters. The van der Waals surface area contributed by atoms with Crippen LogP contribution in [0.4, 0.5) is 0 Å². The van der Waals surface area contributed by atoms with E-state index in [-0.39, 0.29) is 23.8 Å². The summed E-state index contributed by atoms with van der Waals surface area (Å²) in [6.45, 7) is 1.15. The molecule has 1 aromatic rings. The Balaban J connectivity index is 2.88. The molecule has 0 aliphatic carbocycles. The summed E-state index contributed by atoms with van der Waals surface area (Å²) in [5, 5.41) is 13.9. The maximum atomic E-state index is 12.0. The number of carboxylic acid groups (broad SMARTS) is 1. The zero-order chi connectivity index (χ0) is 16.0. The van der Waals surface area contributed by atoms with Crippen molar-refractivity contribution in [3.05, 3.63) is 29.6 Å². The number of amides is 2. The second kappa shape index (κ2) is 6.80. The van der Waals surface area contributed by atoms with Crippen LogP contribution < -0.4 is 10.6 Å². The van der Waals surface area contributed by atoms with Gasteiger partial charge in [-0.3, -0.25) is 14.6 Å². The van der Waals surface area contributed by atoms with Gasteiger partial charge in [-0.1, -0.05) is 0 Å². The number of carboxylic acids is 1. The average molecular weight is 295 g/mol. The van der Waals surface area contributed by atoms with E-state index in [4.69, 9.17) is 9.84 Å². The van der Waals surface area contributed by atoms with E-state index >= 15 is 0 Å². The quantitative estimate of drug-likeness (QED) is 0.661. The lowest BCUT2D eigenvalue weighted by molar-refractivity contribution is -0.145. The molecule has 2 amide bonds. The summed E-state index contributed by atoms with van der Waals surface area (Å²) in [7, 11) is 2.81. The normalized spacial score (nSPS) is 13.1. The first-order valence-electron chi connectivity index (χ1n) is 6.07. The highest BCUT2D eigenvalue weighted by Crippen LogP contribution is 2.08. The fourth-order valence-corrected chi connectivity index (χ4v) is 1.55. The average Bonchev–Trinajstić information content (AvgIpc) is 2.46. The predicted molar refractivity (Wildman–Crippen MR) is 73.0 cm³/mol. The van der Waals surface area contributed by atoms with Crippen LogP contribution in [0.1, 0.15) is 27.8 Å². The molecule has 0 saturated heterocycles. The third kappa shape index (κ3) is 3.99. The van der Waals surface area contributed by atoms with Crippen molar-refractivity contribution in [2.24, 2.45) is 0 Å². The van der Waals surface area contributed by atoms with E-state index in [0.717, 1.165) is 0 Å². The van der Waals surface area contributed by atoms with E-state index in [2.05, 4.69) is 15.6 Å². The van der Waals surface area contributed by atoms with E-state index < -0.39 is 17.4 Å². The Morgan fingerprint density at radius 3 is 2.43 bits per heavy atom. The molecule has 0 bridgehead atoms. The monoisotopic (exact) mass is 295 g/mol. The van der Waals surface area contributed by atoms with Crippen molar-refractivity contribution in [3.63, 3.8) is 0 Å². The van der Waals surface area contributed by atoms with Crippen LogP contribution in [0.2, 0.25) is 0 Å². The smallest absolute Gasteiger partial charge is 0.331 e. The maximum absolute atomic E-state index is 12.0. The van der Waals surface area contributed by atoms with Crippen molar-refractivity contribution in [1.82, 2.24) is 15.6 Å². The van der Waals surface area contributed by atoms with Gasteiger partial charge in [-0.2, -0.15) is 0 Å². The summed E-state index contributed by atoms with van der Waals surface area (Å²) >= 11 is 0. The molecule has 0 aliphatic rings. The van der Waals surface area contributed by atoms with Crippen LogP contribution >= 0.6 is 0 Å². The number of rotatable bonds is 6. The Morgan fingerprint density at radius 1 is 1.33 bits per heavy atom. The highest BCUT2D eigenvalue weighted by molar-refractivity contribution is 5.98. The van der Waals surface area contributed by atoms with E-state index in [1.807, 2.05) is 0 Å². The van der Waals surface area contributed by atoms with Gasteiger partial charge in [-0.15, -0.1) is 0 Å². The molecule has 1 unspecified atom stereocenters. The molecule has 0 aromatic carbocycles. The molecular weight excluding hydrogens is 278 g/mol. The van der Waals surface area contributed by atoms with E-state index in [1.54, 1.807) is 0 Å². The number of aliphatic carboxylic acids is 1. The number of nitrogens with one attached hydrogen (secondary N) is 2. The van der Waals surface area contributed by atoms with Crippen molar-refractivity contribution < 1.29 is 24.2 Å². The predicted octanol–water partition coefficient (Wildman–Crippen LogP) is -0.339. The molecule has 0 radical (unpaired) electrons. The molecule has 0 aliphatic heterocycles. The van der Waals surface area contributed by atoms with Crippen LogP contribution in [0.25, 0.3) is 0 Å². The number of ether oxygens (including phenoxy) is 1. The second-order valence-electron chi connectivity index (χ2n) is 4.54. The molecule has 1 aromatic heterocycles. The summed E-state index contributed by atoms with van der Waals surface area (Å²) in [5.74, 6) is -2.21. The van der Waals surface area contributed by atoms with Crippen LogP contribution in [0.3, 0.4) is 0 Å². The minimum absolute atomic E-state index is 0.145. The number of hydrogen-bond acceptors (Lipinski definition) is 5. The number of hydrogen-bond donors (Lipinski definition) is 3. The minimum atomic E-state index is -1.55. The fourth-order valence-electron chi connectivity index (χ4n) is 1.55. The maximum Gasteiger partial charge on any atom is 0.331 e. The number of pyridine rings is 1. The van der Waals surface area contributed by atoms with Crippen LogP contribution in [0, 0.1) is 0 Å². The lowest BCUT2D eigenvalue weighted by Gasteiger charge is -2.25. The van der Waals surface area contributed by atoms with E-state index in [0.29, 0.717) is 0 Å². The number of methoxy groups -OCH3 is 1. The second-order valence-corrected chi connectivity index (χ2v) is 4.54. The van der Waals surface area contributed by atoms with Crippen LogP contribution in [0.5, 0.6) is 0 Å². The first-order chi connectivity index (χ1) is 9.84. The SMILES string of the molecule is CNC(=O)c1ccc(C(=O)NC(C)(COC)C(=O)O)cn1. The van der Waals surface area contributed by atoms with Crippen LogP contribution in [0.15, 0.2) is 18.3 Å². The van der Waals surface area contributed by atoms with Gasteiger partial charge < -0.3 is 20.5 Å². The van der Waals surface area contributed by atoms with Crippen molar-refractivity contribution in [2.45, 2.75) is 12.5 Å². The van der Waals surface area contributed by atoms with Gasteiger partial charge in [-0.25, -0.2) is 4.79 Å². The zero-order valence-corrected chi connectivity index (χ0v) is 12.0. The summed E-state index contributed by atoms with van der Waals surface area (Å²) in [5.41, 5.74) is -1.25. The van der Waals surface area contributed by atoms with Crippen molar-refractivity contribution in [2.75, 3.05) is 20.8 Å². The van der Waals surface area contributed by atoms with E-state index in [9.17, 15) is 14.4 Å². The lowest BCUT2D eigenvalue weighted by atomic mass is 10.0. The third-order valence-electron chi connectivity index (χ3n) is 2.78. The molecule has 114 valence electrons. The lowest BCUT2D eigenvalue weighted by Crippen LogP contribution is -2.55. The molecule has 0 spiro atoms. The summed E-state index contributed by atoms with van der Waals surface area (Å²) in [6.07, 6.45) is 1.20. The topological polar surface area (TPSA) is 118 Å². The van der Waals surface area contributed by atoms with Gasteiger partial charge in [0.15, 0.2) is 5.54 Å². The molecule has 0 saturated carbocycles. The number of aromatic nitrogens is 1. The summed E-state index contributed by atoms with van der Waals surface area (Å²) in [6, 6.07) is 2.77. The van der Waals surface area contributed by atoms with Gasteiger partial charge in [-0.05, 0) is 19.1 Å². The van der Waals surface area contributed by atoms with Gasteiger partial charge in [0.2, 0.25) is 0 Å². The van der Waals surface area contributed by atoms with Gasteiger partial charge in [0.05, 0.1) is 12.2 Å². The molecular formula is C13H17N3O5. The number of carbonyl (C=O) groups is 3. The Bertz CT molecular complexity index is 543. The molecule has 0 fully saturated rings. The Kier molecular flexibility index (Phi) is 5.37. The first kappa shape index (κ1) is 16.6. The summed E-state index contributed by atoms with van der Waals surface area (Å²) in [4.78, 5) is 38.4. The standard InChI is InChI=1S/C13H17N3O5/c1-13(7-21-3,12(19)20)16-10(17)8-4-5-9(15-6-8)11(18)14-2/h4-6H,7H2,1-3H3,(H,14,18)(H,16,17)(H,19,20). The molecule has 1 rings (SSSR count). The number of carbonyl (C=O) groups excluding carboxylic acids is 2. The van der Waals surface area contributed by atoms with E-state index in [1.165, 1.54) is 39.4 Å². The molecule has 3 N–H and O–H groups in total. The molecule has 8 heteroatoms. The van der Waals surface area contributed by atoms with Crippen LogP contribution in [-0.2, 0) is 9.53 Å². The van der Waals surface area contributed by atoms with Gasteiger partial charge in [0.1, 0.15) is 5.69 Å². The van der Waals surface area contributed by atoms with Gasteiger partial charge in [0, 0.05) is 20.4 Å².